The van der Waals surface area contributed by atoms with Crippen molar-refractivity contribution in [1.29, 1.82) is 5.39 Å². The van der Waals surface area contributed by atoms with Crippen LogP contribution in [-0.4, -0.2) is 50.0 Å². The van der Waals surface area contributed by atoms with Gasteiger partial charge in [0.2, 0.25) is 11.1 Å². The number of anilines is 1. The summed E-state index contributed by atoms with van der Waals surface area (Å²) in [5, 5.41) is 14.7. The summed E-state index contributed by atoms with van der Waals surface area (Å²) in [5.74, 6) is -0.144. The molecule has 2 rings (SSSR count). The molecule has 0 spiro atoms. The molecule has 0 unspecified atom stereocenters. The van der Waals surface area contributed by atoms with Crippen LogP contribution in [0.2, 0.25) is 0 Å². The van der Waals surface area contributed by atoms with Crippen LogP contribution in [0.5, 0.6) is 5.75 Å². The topological polar surface area (TPSA) is 98.8 Å². The standard InChI is InChI=1S/C22H27N5O3/c1-4-27(5-2)14-6-13-24-21(28)16-7-10-18(11-8-16)25-22(29)17-9-12-20(30-3)19(15-17)26-23/h7-12,15H,4-6,13-14H2,1-3H3,(H-,24,25,28,29)/p+1. The van der Waals surface area contributed by atoms with Crippen molar-refractivity contribution in [3.8, 4) is 5.75 Å². The van der Waals surface area contributed by atoms with Crippen LogP contribution in [0.1, 0.15) is 41.0 Å². The zero-order chi connectivity index (χ0) is 21.9. The number of nitrogens with one attached hydrogen (secondary N) is 2. The second-order valence-corrected chi connectivity index (χ2v) is 6.65. The molecule has 0 fully saturated rings. The third-order valence-electron chi connectivity index (χ3n) is 4.78. The lowest BCUT2D eigenvalue weighted by Gasteiger charge is -2.17. The first-order chi connectivity index (χ1) is 14.5. The number of benzene rings is 2. The van der Waals surface area contributed by atoms with Crippen molar-refractivity contribution >= 4 is 23.2 Å². The lowest BCUT2D eigenvalue weighted by molar-refractivity contribution is 0.0951. The van der Waals surface area contributed by atoms with Crippen molar-refractivity contribution in [1.82, 2.24) is 10.2 Å². The van der Waals surface area contributed by atoms with Crippen molar-refractivity contribution < 1.29 is 14.3 Å². The maximum absolute atomic E-state index is 12.4. The Morgan fingerprint density at radius 2 is 1.70 bits per heavy atom. The number of diazo groups is 1. The molecule has 8 nitrogen and oxygen atoms in total. The summed E-state index contributed by atoms with van der Waals surface area (Å²) in [7, 11) is 1.45. The first-order valence-electron chi connectivity index (χ1n) is 9.97. The van der Waals surface area contributed by atoms with E-state index in [1.807, 2.05) is 0 Å². The van der Waals surface area contributed by atoms with Crippen molar-refractivity contribution in [2.75, 3.05) is 38.6 Å². The van der Waals surface area contributed by atoms with E-state index in [1.165, 1.54) is 13.2 Å². The maximum Gasteiger partial charge on any atom is 0.427 e. The van der Waals surface area contributed by atoms with Gasteiger partial charge in [0.1, 0.15) is 0 Å². The van der Waals surface area contributed by atoms with Gasteiger partial charge < -0.3 is 20.3 Å². The Kier molecular flexibility index (Phi) is 8.78. The zero-order valence-corrected chi connectivity index (χ0v) is 17.6. The van der Waals surface area contributed by atoms with Crippen LogP contribution >= 0.6 is 0 Å². The maximum atomic E-state index is 12.4. The molecule has 0 heterocycles. The van der Waals surface area contributed by atoms with Gasteiger partial charge in [-0.2, -0.15) is 0 Å². The molecule has 0 radical (unpaired) electrons. The molecule has 2 aromatic carbocycles. The highest BCUT2D eigenvalue weighted by Gasteiger charge is 2.18. The fourth-order valence-corrected chi connectivity index (χ4v) is 2.96. The van der Waals surface area contributed by atoms with Gasteiger partial charge in [-0.25, -0.2) is 0 Å². The fourth-order valence-electron chi connectivity index (χ4n) is 2.96. The molecule has 0 bridgehead atoms. The monoisotopic (exact) mass is 410 g/mol. The third kappa shape index (κ3) is 6.29. The van der Waals surface area contributed by atoms with Crippen molar-refractivity contribution in [2.24, 2.45) is 0 Å². The van der Waals surface area contributed by atoms with Crippen LogP contribution in [-0.2, 0) is 0 Å². The number of hydrogen-bond donors (Lipinski definition) is 2. The van der Waals surface area contributed by atoms with Gasteiger partial charge in [0.25, 0.3) is 11.8 Å². The number of nitrogens with zero attached hydrogens (tertiary/aromatic N) is 3. The third-order valence-corrected chi connectivity index (χ3v) is 4.78. The molecular formula is C22H28N5O3+. The van der Waals surface area contributed by atoms with E-state index in [9.17, 15) is 9.59 Å². The number of hydrogen-bond acceptors (Lipinski definition) is 5. The molecule has 0 saturated heterocycles. The Bertz CT molecular complexity index is 902. The Labute approximate surface area is 176 Å². The van der Waals surface area contributed by atoms with E-state index in [1.54, 1.807) is 36.4 Å². The van der Waals surface area contributed by atoms with E-state index in [-0.39, 0.29) is 17.5 Å². The molecule has 0 atom stereocenters. The number of carbonyl (C=O) groups excluding carboxylic acids is 2. The molecule has 8 heteroatoms. The number of ether oxygens (including phenoxy) is 1. The average molecular weight is 410 g/mol. The van der Waals surface area contributed by atoms with Gasteiger partial charge in [0, 0.05) is 23.4 Å². The van der Waals surface area contributed by atoms with Gasteiger partial charge in [-0.3, -0.25) is 9.59 Å². The second-order valence-electron chi connectivity index (χ2n) is 6.65. The average Bonchev–Trinajstić information content (AvgIpc) is 2.78. The SMILES string of the molecule is CCN(CC)CCCNC(=O)c1ccc(NC(=O)c2ccc(OC)c([N+]#N)c2)cc1. The highest BCUT2D eigenvalue weighted by Crippen LogP contribution is 2.28. The predicted octanol–water partition coefficient (Wildman–Crippen LogP) is 3.89. The molecule has 0 aromatic heterocycles. The molecule has 2 amide bonds. The Morgan fingerprint density at radius 3 is 2.30 bits per heavy atom. The van der Waals surface area contributed by atoms with Crippen LogP contribution in [0.25, 0.3) is 4.98 Å². The quantitative estimate of drug-likeness (QED) is 0.457. The summed E-state index contributed by atoms with van der Waals surface area (Å²) < 4.78 is 5.06. The molecule has 158 valence electrons. The molecule has 0 aliphatic carbocycles. The van der Waals surface area contributed by atoms with Gasteiger partial charge in [-0.1, -0.05) is 13.8 Å². The Hall–Kier alpha value is -3.44. The van der Waals surface area contributed by atoms with E-state index in [0.717, 1.165) is 26.1 Å². The van der Waals surface area contributed by atoms with Crippen LogP contribution in [0.15, 0.2) is 42.5 Å². The summed E-state index contributed by atoms with van der Waals surface area (Å²) in [6.45, 7) is 7.82. The first-order valence-corrected chi connectivity index (χ1v) is 9.97. The summed E-state index contributed by atoms with van der Waals surface area (Å²) in [5.41, 5.74) is 1.56. The summed E-state index contributed by atoms with van der Waals surface area (Å²) in [4.78, 5) is 30.1. The number of amides is 2. The van der Waals surface area contributed by atoms with E-state index in [0.29, 0.717) is 29.1 Å². The number of rotatable bonds is 10. The van der Waals surface area contributed by atoms with Gasteiger partial charge in [0.05, 0.1) is 13.2 Å². The van der Waals surface area contributed by atoms with E-state index in [4.69, 9.17) is 10.1 Å². The van der Waals surface area contributed by atoms with E-state index < -0.39 is 0 Å². The lowest BCUT2D eigenvalue weighted by atomic mass is 10.1. The first kappa shape index (κ1) is 22.8. The second kappa shape index (κ2) is 11.5. The van der Waals surface area contributed by atoms with Gasteiger partial charge >= 0.3 is 5.69 Å². The molecular weight excluding hydrogens is 382 g/mol. The minimum atomic E-state index is -0.365. The smallest absolute Gasteiger partial charge is 0.427 e. The number of carbonyl (C=O) groups is 2. The molecule has 0 aliphatic rings. The largest absolute Gasteiger partial charge is 0.489 e. The molecule has 2 aromatic rings. The van der Waals surface area contributed by atoms with Crippen LogP contribution in [0.4, 0.5) is 11.4 Å². The predicted molar refractivity (Wildman–Crippen MR) is 117 cm³/mol. The van der Waals surface area contributed by atoms with E-state index in [2.05, 4.69) is 34.4 Å². The minimum absolute atomic E-state index is 0.142. The highest BCUT2D eigenvalue weighted by molar-refractivity contribution is 6.05. The summed E-state index contributed by atoms with van der Waals surface area (Å²) >= 11 is 0. The summed E-state index contributed by atoms with van der Waals surface area (Å²) in [6, 6.07) is 11.2. The summed E-state index contributed by atoms with van der Waals surface area (Å²) in [6.07, 6.45) is 0.894. The van der Waals surface area contributed by atoms with Crippen LogP contribution in [0.3, 0.4) is 0 Å². The van der Waals surface area contributed by atoms with E-state index >= 15 is 0 Å². The van der Waals surface area contributed by atoms with Gasteiger partial charge in [-0.05, 0) is 62.5 Å². The Balaban J connectivity index is 1.90. The number of methoxy groups -OCH3 is 1. The molecule has 2 N–H and O–H groups in total. The van der Waals surface area contributed by atoms with Crippen molar-refractivity contribution in [3.05, 3.63) is 58.6 Å². The minimum Gasteiger partial charge on any atom is -0.489 e. The zero-order valence-electron chi connectivity index (χ0n) is 17.6. The van der Waals surface area contributed by atoms with Crippen LogP contribution < -0.4 is 15.4 Å². The van der Waals surface area contributed by atoms with Gasteiger partial charge in [0.15, 0.2) is 4.98 Å². The molecule has 30 heavy (non-hydrogen) atoms. The molecule has 0 saturated carbocycles. The van der Waals surface area contributed by atoms with Gasteiger partial charge in [-0.15, -0.1) is 0 Å². The van der Waals surface area contributed by atoms with Crippen LogP contribution in [0, 0.1) is 5.39 Å². The highest BCUT2D eigenvalue weighted by atomic mass is 16.5. The normalized spacial score (nSPS) is 10.4. The van der Waals surface area contributed by atoms with Crippen molar-refractivity contribution in [2.45, 2.75) is 20.3 Å². The fraction of sp³-hybridized carbons (Fsp3) is 0.364. The molecule has 0 aliphatic heterocycles. The Morgan fingerprint density at radius 1 is 1.03 bits per heavy atom. The van der Waals surface area contributed by atoms with Crippen molar-refractivity contribution in [3.63, 3.8) is 0 Å². The lowest BCUT2D eigenvalue weighted by Crippen LogP contribution is -2.29.